The molecule has 1 aromatic heterocycles. The Kier molecular flexibility index (Phi) is 4.13. The van der Waals surface area contributed by atoms with E-state index in [-0.39, 0.29) is 11.8 Å². The lowest BCUT2D eigenvalue weighted by molar-refractivity contribution is -0.138. The van der Waals surface area contributed by atoms with Gasteiger partial charge in [-0.2, -0.15) is 10.4 Å². The lowest BCUT2D eigenvalue weighted by Crippen LogP contribution is -2.49. The molecule has 4 rings (SSSR count). The van der Waals surface area contributed by atoms with E-state index >= 15 is 0 Å². The van der Waals surface area contributed by atoms with Gasteiger partial charge in [0.25, 0.3) is 0 Å². The molecule has 3 heterocycles. The first-order valence-corrected chi connectivity index (χ1v) is 8.77. The van der Waals surface area contributed by atoms with Crippen molar-refractivity contribution in [1.82, 2.24) is 15.1 Å². The number of fused-ring (bicyclic) bond motifs is 1. The number of amides is 1. The average Bonchev–Trinajstić information content (AvgIpc) is 3.34. The smallest absolute Gasteiger partial charge is 0.228 e. The zero-order valence-corrected chi connectivity index (χ0v) is 14.7. The Morgan fingerprint density at radius 2 is 2.27 bits per heavy atom. The first-order valence-electron chi connectivity index (χ1n) is 8.77. The van der Waals surface area contributed by atoms with Crippen LogP contribution in [-0.4, -0.2) is 49.0 Å². The van der Waals surface area contributed by atoms with Crippen molar-refractivity contribution in [3.8, 4) is 11.8 Å². The number of nitrogens with one attached hydrogen (secondary N) is 1. The summed E-state index contributed by atoms with van der Waals surface area (Å²) < 4.78 is 7.34. The van der Waals surface area contributed by atoms with Gasteiger partial charge in [-0.25, -0.2) is 4.68 Å². The molecule has 2 atom stereocenters. The largest absolute Gasteiger partial charge is 0.381 e. The maximum Gasteiger partial charge on any atom is 0.228 e. The van der Waals surface area contributed by atoms with Crippen LogP contribution in [0.2, 0.25) is 0 Å². The van der Waals surface area contributed by atoms with E-state index in [9.17, 15) is 10.1 Å². The van der Waals surface area contributed by atoms with Crippen LogP contribution >= 0.6 is 0 Å². The molecule has 2 aliphatic heterocycles. The van der Waals surface area contributed by atoms with Gasteiger partial charge in [0.05, 0.1) is 23.4 Å². The van der Waals surface area contributed by atoms with E-state index in [4.69, 9.17) is 4.74 Å². The van der Waals surface area contributed by atoms with Crippen LogP contribution in [0.15, 0.2) is 36.7 Å². The monoisotopic (exact) mass is 351 g/mol. The summed E-state index contributed by atoms with van der Waals surface area (Å²) in [6.45, 7) is 2.46. The fourth-order valence-corrected chi connectivity index (χ4v) is 4.26. The van der Waals surface area contributed by atoms with Crippen LogP contribution < -0.4 is 10.2 Å². The molecule has 7 nitrogen and oxygen atoms in total. The van der Waals surface area contributed by atoms with E-state index in [1.165, 1.54) is 0 Å². The fourth-order valence-electron chi connectivity index (χ4n) is 4.26. The Labute approximate surface area is 152 Å². The summed E-state index contributed by atoms with van der Waals surface area (Å²) in [6.07, 6.45) is 4.22. The average molecular weight is 351 g/mol. The van der Waals surface area contributed by atoms with Crippen LogP contribution in [-0.2, 0) is 9.53 Å². The molecule has 2 aliphatic rings. The van der Waals surface area contributed by atoms with Crippen molar-refractivity contribution in [3.63, 3.8) is 0 Å². The molecule has 0 bridgehead atoms. The van der Waals surface area contributed by atoms with Crippen molar-refractivity contribution < 1.29 is 9.53 Å². The van der Waals surface area contributed by atoms with E-state index < -0.39 is 5.41 Å². The highest BCUT2D eigenvalue weighted by Crippen LogP contribution is 2.44. The van der Waals surface area contributed by atoms with Crippen molar-refractivity contribution >= 4 is 11.6 Å². The Balaban J connectivity index is 1.74. The highest BCUT2D eigenvalue weighted by atomic mass is 16.5. The van der Waals surface area contributed by atoms with Gasteiger partial charge < -0.3 is 15.0 Å². The number of hydrogen-bond donors (Lipinski definition) is 1. The van der Waals surface area contributed by atoms with Gasteiger partial charge in [-0.1, -0.05) is 6.07 Å². The standard InChI is InChI=1S/C19H21N5O2/c1-21-18(25)19-6-9-26-12-14(19)11-23(13-19)16-4-2-5-17(15(16)10-20)24-8-3-7-22-24/h2-5,7-8,14H,6,9,11-13H2,1H3,(H,21,25)/t14-,19+/m1/s1. The number of benzene rings is 1. The third-order valence-electron chi connectivity index (χ3n) is 5.61. The number of nitrogens with zero attached hydrogens (tertiary/aromatic N) is 4. The van der Waals surface area contributed by atoms with Crippen LogP contribution in [0.25, 0.3) is 5.69 Å². The second-order valence-corrected chi connectivity index (χ2v) is 6.87. The van der Waals surface area contributed by atoms with Crippen molar-refractivity contribution in [2.45, 2.75) is 6.42 Å². The second-order valence-electron chi connectivity index (χ2n) is 6.87. The predicted molar refractivity (Wildman–Crippen MR) is 95.9 cm³/mol. The summed E-state index contributed by atoms with van der Waals surface area (Å²) in [5.41, 5.74) is 1.71. The summed E-state index contributed by atoms with van der Waals surface area (Å²) >= 11 is 0. The van der Waals surface area contributed by atoms with Gasteiger partial charge in [-0.05, 0) is 24.6 Å². The Hall–Kier alpha value is -2.85. The minimum atomic E-state index is -0.457. The number of carbonyl (C=O) groups excluding carboxylic acids is 1. The maximum absolute atomic E-state index is 12.7. The van der Waals surface area contributed by atoms with Gasteiger partial charge in [0, 0.05) is 45.1 Å². The number of nitriles is 1. The molecular formula is C19H21N5O2. The first kappa shape index (κ1) is 16.6. The molecule has 0 saturated carbocycles. The number of aromatic nitrogens is 2. The molecule has 1 N–H and O–H groups in total. The molecule has 2 fully saturated rings. The topological polar surface area (TPSA) is 83.2 Å². The molecule has 0 unspecified atom stereocenters. The van der Waals surface area contributed by atoms with E-state index in [1.54, 1.807) is 17.9 Å². The Bertz CT molecular complexity index is 857. The molecule has 1 aromatic carbocycles. The van der Waals surface area contributed by atoms with Crippen molar-refractivity contribution in [3.05, 3.63) is 42.2 Å². The zero-order chi connectivity index (χ0) is 18.1. The maximum atomic E-state index is 12.7. The molecule has 7 heteroatoms. The van der Waals surface area contributed by atoms with Crippen LogP contribution in [0.1, 0.15) is 12.0 Å². The second kappa shape index (κ2) is 6.46. The van der Waals surface area contributed by atoms with Crippen LogP contribution in [0.3, 0.4) is 0 Å². The molecule has 134 valence electrons. The Morgan fingerprint density at radius 3 is 3.00 bits per heavy atom. The summed E-state index contributed by atoms with van der Waals surface area (Å²) in [4.78, 5) is 14.8. The van der Waals surface area contributed by atoms with E-state index in [2.05, 4.69) is 21.4 Å². The third-order valence-corrected chi connectivity index (χ3v) is 5.61. The van der Waals surface area contributed by atoms with Crippen LogP contribution in [0.5, 0.6) is 0 Å². The lowest BCUT2D eigenvalue weighted by atomic mass is 9.73. The normalized spacial score (nSPS) is 24.8. The van der Waals surface area contributed by atoms with Crippen LogP contribution in [0, 0.1) is 22.7 Å². The van der Waals surface area contributed by atoms with Gasteiger partial charge >= 0.3 is 0 Å². The molecule has 0 spiro atoms. The fraction of sp³-hybridized carbons (Fsp3) is 0.421. The number of anilines is 1. The highest BCUT2D eigenvalue weighted by molar-refractivity contribution is 5.85. The number of rotatable bonds is 3. The minimum absolute atomic E-state index is 0.0649. The van der Waals surface area contributed by atoms with Gasteiger partial charge in [-0.15, -0.1) is 0 Å². The molecule has 2 aromatic rings. The van der Waals surface area contributed by atoms with E-state index in [0.717, 1.165) is 11.4 Å². The van der Waals surface area contributed by atoms with Gasteiger partial charge in [0.1, 0.15) is 11.6 Å². The summed E-state index contributed by atoms with van der Waals surface area (Å²) in [7, 11) is 1.69. The van der Waals surface area contributed by atoms with Crippen LogP contribution in [0.4, 0.5) is 5.69 Å². The zero-order valence-electron chi connectivity index (χ0n) is 14.7. The Morgan fingerprint density at radius 1 is 1.42 bits per heavy atom. The van der Waals surface area contributed by atoms with Gasteiger partial charge in [0.2, 0.25) is 5.91 Å². The SMILES string of the molecule is CNC(=O)[C@]12CCOC[C@H]1CN(c1cccc(-n3cccn3)c1C#N)C2. The molecule has 2 saturated heterocycles. The third kappa shape index (κ3) is 2.45. The quantitative estimate of drug-likeness (QED) is 0.902. The number of carbonyl (C=O) groups is 1. The summed E-state index contributed by atoms with van der Waals surface area (Å²) in [5, 5.41) is 16.9. The lowest BCUT2D eigenvalue weighted by Gasteiger charge is -2.36. The van der Waals surface area contributed by atoms with Crippen molar-refractivity contribution in [1.29, 1.82) is 5.26 Å². The van der Waals surface area contributed by atoms with E-state index in [0.29, 0.717) is 38.3 Å². The van der Waals surface area contributed by atoms with Crippen molar-refractivity contribution in [2.75, 3.05) is 38.3 Å². The number of ether oxygens (including phenoxy) is 1. The number of hydrogen-bond acceptors (Lipinski definition) is 5. The highest BCUT2D eigenvalue weighted by Gasteiger charge is 2.53. The minimum Gasteiger partial charge on any atom is -0.381 e. The van der Waals surface area contributed by atoms with Crippen molar-refractivity contribution in [2.24, 2.45) is 11.3 Å². The molecular weight excluding hydrogens is 330 g/mol. The summed E-state index contributed by atoms with van der Waals surface area (Å²) in [6, 6.07) is 9.92. The molecule has 0 aliphatic carbocycles. The first-order chi connectivity index (χ1) is 12.7. The van der Waals surface area contributed by atoms with Gasteiger partial charge in [0.15, 0.2) is 0 Å². The molecule has 1 amide bonds. The predicted octanol–water partition coefficient (Wildman–Crippen LogP) is 1.33. The van der Waals surface area contributed by atoms with E-state index in [1.807, 2.05) is 30.5 Å². The summed E-state index contributed by atoms with van der Waals surface area (Å²) in [5.74, 6) is 0.186. The van der Waals surface area contributed by atoms with Gasteiger partial charge in [-0.3, -0.25) is 4.79 Å². The molecule has 0 radical (unpaired) electrons. The molecule has 26 heavy (non-hydrogen) atoms.